The molecule has 2 aliphatic heterocycles. The number of carbonyl (C=O) groups is 2. The molecule has 0 aromatic rings. The second-order valence-electron chi connectivity index (χ2n) is 5.72. The predicted octanol–water partition coefficient (Wildman–Crippen LogP) is 0.675. The zero-order chi connectivity index (χ0) is 14.5. The van der Waals surface area contributed by atoms with Gasteiger partial charge in [0.05, 0.1) is 12.5 Å². The first kappa shape index (κ1) is 15.1. The molecule has 20 heavy (non-hydrogen) atoms. The van der Waals surface area contributed by atoms with Crippen molar-refractivity contribution in [3.8, 4) is 0 Å². The molecule has 0 aliphatic carbocycles. The number of amides is 2. The Morgan fingerprint density at radius 3 is 2.45 bits per heavy atom. The minimum absolute atomic E-state index is 0.128. The zero-order valence-corrected chi connectivity index (χ0v) is 12.4. The van der Waals surface area contributed by atoms with Crippen LogP contribution in [0, 0.1) is 5.92 Å². The van der Waals surface area contributed by atoms with Crippen molar-refractivity contribution in [2.45, 2.75) is 32.2 Å². The van der Waals surface area contributed by atoms with Crippen LogP contribution in [0.3, 0.4) is 0 Å². The average Bonchev–Trinajstić information content (AvgIpc) is 2.86. The molecule has 2 fully saturated rings. The van der Waals surface area contributed by atoms with Crippen LogP contribution < -0.4 is 5.32 Å². The predicted molar refractivity (Wildman–Crippen MR) is 75.4 cm³/mol. The van der Waals surface area contributed by atoms with Crippen molar-refractivity contribution in [3.63, 3.8) is 0 Å². The highest BCUT2D eigenvalue weighted by Crippen LogP contribution is 2.17. The Hall–Kier alpha value is -1.30. The summed E-state index contributed by atoms with van der Waals surface area (Å²) >= 11 is 0. The van der Waals surface area contributed by atoms with E-state index in [-0.39, 0.29) is 24.0 Å². The third-order valence-electron chi connectivity index (χ3n) is 4.13. The van der Waals surface area contributed by atoms with Crippen LogP contribution in [0.4, 0.5) is 4.79 Å². The Kier molecular flexibility index (Phi) is 5.23. The average molecular weight is 283 g/mol. The van der Waals surface area contributed by atoms with Gasteiger partial charge in [0, 0.05) is 25.7 Å². The first-order valence-electron chi connectivity index (χ1n) is 7.50. The van der Waals surface area contributed by atoms with Crippen molar-refractivity contribution in [1.82, 2.24) is 15.1 Å². The van der Waals surface area contributed by atoms with Crippen molar-refractivity contribution >= 4 is 12.0 Å². The molecule has 1 N–H and O–H groups in total. The topological polar surface area (TPSA) is 61.9 Å². The number of hydrogen-bond acceptors (Lipinski definition) is 4. The summed E-state index contributed by atoms with van der Waals surface area (Å²) in [6, 6.07) is 0.194. The lowest BCUT2D eigenvalue weighted by Gasteiger charge is -2.32. The van der Waals surface area contributed by atoms with Crippen molar-refractivity contribution in [3.05, 3.63) is 0 Å². The van der Waals surface area contributed by atoms with Gasteiger partial charge in [-0.3, -0.25) is 4.79 Å². The first-order chi connectivity index (χ1) is 9.60. The van der Waals surface area contributed by atoms with Crippen molar-refractivity contribution in [1.29, 1.82) is 0 Å². The molecule has 0 bridgehead atoms. The van der Waals surface area contributed by atoms with Crippen molar-refractivity contribution in [2.75, 3.05) is 39.8 Å². The summed E-state index contributed by atoms with van der Waals surface area (Å²) in [7, 11) is 2.05. The minimum Gasteiger partial charge on any atom is -0.450 e. The molecule has 1 unspecified atom stereocenters. The van der Waals surface area contributed by atoms with Crippen LogP contribution >= 0.6 is 0 Å². The van der Waals surface area contributed by atoms with E-state index >= 15 is 0 Å². The van der Waals surface area contributed by atoms with Gasteiger partial charge in [-0.2, -0.15) is 0 Å². The van der Waals surface area contributed by atoms with Gasteiger partial charge in [-0.05, 0) is 39.8 Å². The van der Waals surface area contributed by atoms with Crippen LogP contribution in [-0.4, -0.2) is 67.7 Å². The van der Waals surface area contributed by atoms with E-state index in [1.54, 1.807) is 4.90 Å². The van der Waals surface area contributed by atoms with Gasteiger partial charge in [0.2, 0.25) is 5.91 Å². The zero-order valence-electron chi connectivity index (χ0n) is 12.4. The maximum Gasteiger partial charge on any atom is 0.409 e. The first-order valence-corrected chi connectivity index (χ1v) is 7.50. The second-order valence-corrected chi connectivity index (χ2v) is 5.72. The number of carbonyl (C=O) groups excluding carboxylic acids is 2. The van der Waals surface area contributed by atoms with Gasteiger partial charge in [0.1, 0.15) is 0 Å². The van der Waals surface area contributed by atoms with Crippen molar-refractivity contribution < 1.29 is 14.3 Å². The molecule has 6 nitrogen and oxygen atoms in total. The quantitative estimate of drug-likeness (QED) is 0.827. The third kappa shape index (κ3) is 3.85. The number of piperidine rings is 1. The van der Waals surface area contributed by atoms with E-state index < -0.39 is 0 Å². The lowest BCUT2D eigenvalue weighted by atomic mass is 10.0. The maximum atomic E-state index is 12.1. The molecule has 2 rings (SSSR count). The number of nitrogens with zero attached hydrogens (tertiary/aromatic N) is 2. The number of hydrogen-bond donors (Lipinski definition) is 1. The fraction of sp³-hybridized carbons (Fsp3) is 0.857. The second kappa shape index (κ2) is 6.92. The fourth-order valence-electron chi connectivity index (χ4n) is 2.89. The Morgan fingerprint density at radius 1 is 1.20 bits per heavy atom. The van der Waals surface area contributed by atoms with Crippen LogP contribution in [0.15, 0.2) is 0 Å². The summed E-state index contributed by atoms with van der Waals surface area (Å²) in [6.07, 6.45) is 2.33. The highest BCUT2D eigenvalue weighted by molar-refractivity contribution is 5.79. The van der Waals surface area contributed by atoms with Gasteiger partial charge < -0.3 is 19.9 Å². The smallest absolute Gasteiger partial charge is 0.409 e. The van der Waals surface area contributed by atoms with E-state index in [4.69, 9.17) is 4.74 Å². The molecule has 2 amide bonds. The molecular weight excluding hydrogens is 258 g/mol. The molecule has 0 aromatic carbocycles. The van der Waals surface area contributed by atoms with E-state index in [9.17, 15) is 9.59 Å². The van der Waals surface area contributed by atoms with Gasteiger partial charge >= 0.3 is 6.09 Å². The summed E-state index contributed by atoms with van der Waals surface area (Å²) in [5.41, 5.74) is 0. The molecule has 1 atom stereocenters. The highest BCUT2D eigenvalue weighted by atomic mass is 16.6. The van der Waals surface area contributed by atoms with Gasteiger partial charge in [0.25, 0.3) is 0 Å². The number of rotatable bonds is 3. The molecule has 114 valence electrons. The van der Waals surface area contributed by atoms with E-state index in [1.165, 1.54) is 0 Å². The van der Waals surface area contributed by atoms with E-state index in [2.05, 4.69) is 10.2 Å². The molecule has 0 aromatic heterocycles. The molecule has 2 aliphatic rings. The largest absolute Gasteiger partial charge is 0.450 e. The van der Waals surface area contributed by atoms with E-state index in [1.807, 2.05) is 14.0 Å². The Bertz CT molecular complexity index is 354. The third-order valence-corrected chi connectivity index (χ3v) is 4.13. The summed E-state index contributed by atoms with van der Waals surface area (Å²) < 4.78 is 4.98. The fourth-order valence-corrected chi connectivity index (χ4v) is 2.89. The Balaban J connectivity index is 1.71. The van der Waals surface area contributed by atoms with Gasteiger partial charge in [0.15, 0.2) is 0 Å². The highest BCUT2D eigenvalue weighted by Gasteiger charge is 2.29. The van der Waals surface area contributed by atoms with Crippen LogP contribution in [0.1, 0.15) is 26.2 Å². The van der Waals surface area contributed by atoms with Crippen LogP contribution in [0.2, 0.25) is 0 Å². The lowest BCUT2D eigenvalue weighted by Crippen LogP contribution is -2.48. The molecule has 0 spiro atoms. The maximum absolute atomic E-state index is 12.1. The van der Waals surface area contributed by atoms with Gasteiger partial charge in [-0.25, -0.2) is 4.79 Å². The SMILES string of the molecule is CCOC(=O)N1CCC(NC(=O)C2CCN(C)C2)CC1. The van der Waals surface area contributed by atoms with Crippen LogP contribution in [0.5, 0.6) is 0 Å². The summed E-state index contributed by atoms with van der Waals surface area (Å²) in [5.74, 6) is 0.298. The Labute approximate surface area is 120 Å². The Morgan fingerprint density at radius 2 is 1.90 bits per heavy atom. The number of ether oxygens (including phenoxy) is 1. The molecule has 2 saturated heterocycles. The standard InChI is InChI=1S/C14H25N3O3/c1-3-20-14(19)17-8-5-12(6-9-17)15-13(18)11-4-7-16(2)10-11/h11-12H,3-10H2,1-2H3,(H,15,18). The van der Waals surface area contributed by atoms with Crippen molar-refractivity contribution in [2.24, 2.45) is 5.92 Å². The lowest BCUT2D eigenvalue weighted by molar-refractivity contribution is -0.125. The molecular formula is C14H25N3O3. The number of likely N-dealkylation sites (tertiary alicyclic amines) is 2. The summed E-state index contributed by atoms with van der Waals surface area (Å²) in [6.45, 7) is 5.39. The van der Waals surface area contributed by atoms with Crippen LogP contribution in [0.25, 0.3) is 0 Å². The summed E-state index contributed by atoms with van der Waals surface area (Å²) in [4.78, 5) is 27.6. The minimum atomic E-state index is -0.241. The molecule has 6 heteroatoms. The molecule has 0 radical (unpaired) electrons. The van der Waals surface area contributed by atoms with Crippen LogP contribution in [-0.2, 0) is 9.53 Å². The molecule has 0 saturated carbocycles. The normalized spacial score (nSPS) is 24.7. The van der Waals surface area contributed by atoms with E-state index in [0.29, 0.717) is 19.7 Å². The van der Waals surface area contributed by atoms with Gasteiger partial charge in [-0.15, -0.1) is 0 Å². The number of nitrogens with one attached hydrogen (secondary N) is 1. The van der Waals surface area contributed by atoms with Gasteiger partial charge in [-0.1, -0.05) is 0 Å². The van der Waals surface area contributed by atoms with E-state index in [0.717, 1.165) is 32.4 Å². The monoisotopic (exact) mass is 283 g/mol. The summed E-state index contributed by atoms with van der Waals surface area (Å²) in [5, 5.41) is 3.13. The molecule has 2 heterocycles.